The number of nitrogens with one attached hydrogen (secondary N) is 1. The molecule has 0 atom stereocenters. The van der Waals surface area contributed by atoms with E-state index in [1.54, 1.807) is 6.20 Å². The lowest BCUT2D eigenvalue weighted by Gasteiger charge is -2.31. The lowest BCUT2D eigenvalue weighted by atomic mass is 9.95. The summed E-state index contributed by atoms with van der Waals surface area (Å²) in [7, 11) is 0. The minimum Gasteiger partial charge on any atom is -0.350 e. The zero-order chi connectivity index (χ0) is 16.8. The summed E-state index contributed by atoms with van der Waals surface area (Å²) >= 11 is 6.04. The van der Waals surface area contributed by atoms with Crippen molar-refractivity contribution in [1.29, 1.82) is 0 Å². The molecule has 0 bridgehead atoms. The number of likely N-dealkylation sites (tertiary alicyclic amines) is 1. The molecule has 0 unspecified atom stereocenters. The van der Waals surface area contributed by atoms with E-state index in [9.17, 15) is 4.79 Å². The second kappa shape index (κ2) is 8.27. The van der Waals surface area contributed by atoms with Crippen molar-refractivity contribution in [3.05, 3.63) is 64.9 Å². The Balaban J connectivity index is 1.43. The molecule has 1 N–H and O–H groups in total. The molecule has 0 saturated carbocycles. The van der Waals surface area contributed by atoms with Crippen LogP contribution in [0.3, 0.4) is 0 Å². The third-order valence-electron chi connectivity index (χ3n) is 4.42. The molecule has 1 aliphatic rings. The smallest absolute Gasteiger partial charge is 0.223 e. The van der Waals surface area contributed by atoms with Crippen LogP contribution in [0.15, 0.2) is 48.7 Å². The first-order chi connectivity index (χ1) is 11.7. The van der Waals surface area contributed by atoms with Crippen LogP contribution >= 0.6 is 11.6 Å². The maximum atomic E-state index is 12.3. The standard InChI is InChI=1S/C19H22ClN3O/c20-17-5-3-4-15(12-17)14-23-10-7-16(8-11-23)19(24)22-13-18-6-1-2-9-21-18/h1-6,9,12,16H,7-8,10-11,13-14H2,(H,22,24). The molecular weight excluding hydrogens is 322 g/mol. The molecular formula is C19H22ClN3O. The molecule has 4 nitrogen and oxygen atoms in total. The van der Waals surface area contributed by atoms with E-state index >= 15 is 0 Å². The van der Waals surface area contributed by atoms with E-state index in [0.717, 1.165) is 43.2 Å². The molecule has 0 spiro atoms. The average Bonchev–Trinajstić information content (AvgIpc) is 2.61. The minimum atomic E-state index is 0.101. The number of piperidine rings is 1. The highest BCUT2D eigenvalue weighted by Gasteiger charge is 2.24. The first kappa shape index (κ1) is 16.9. The van der Waals surface area contributed by atoms with Gasteiger partial charge in [0.25, 0.3) is 0 Å². The number of pyridine rings is 1. The molecule has 24 heavy (non-hydrogen) atoms. The number of hydrogen-bond acceptors (Lipinski definition) is 3. The first-order valence-corrected chi connectivity index (χ1v) is 8.73. The molecule has 0 aliphatic carbocycles. The molecule has 1 amide bonds. The van der Waals surface area contributed by atoms with E-state index in [2.05, 4.69) is 21.3 Å². The van der Waals surface area contributed by atoms with Crippen LogP contribution < -0.4 is 5.32 Å². The van der Waals surface area contributed by atoms with Gasteiger partial charge in [0.2, 0.25) is 5.91 Å². The van der Waals surface area contributed by atoms with Crippen molar-refractivity contribution in [2.75, 3.05) is 13.1 Å². The average molecular weight is 344 g/mol. The van der Waals surface area contributed by atoms with Crippen LogP contribution in [0.1, 0.15) is 24.1 Å². The van der Waals surface area contributed by atoms with Crippen molar-refractivity contribution in [2.45, 2.75) is 25.9 Å². The zero-order valence-electron chi connectivity index (χ0n) is 13.6. The van der Waals surface area contributed by atoms with Gasteiger partial charge in [0.15, 0.2) is 0 Å². The van der Waals surface area contributed by atoms with Gasteiger partial charge in [0.1, 0.15) is 0 Å². The molecule has 2 aromatic rings. The number of rotatable bonds is 5. The number of hydrogen-bond donors (Lipinski definition) is 1. The summed E-state index contributed by atoms with van der Waals surface area (Å²) in [6.45, 7) is 3.27. The van der Waals surface area contributed by atoms with E-state index < -0.39 is 0 Å². The highest BCUT2D eigenvalue weighted by molar-refractivity contribution is 6.30. The van der Waals surface area contributed by atoms with Gasteiger partial charge in [0.05, 0.1) is 12.2 Å². The van der Waals surface area contributed by atoms with E-state index in [1.165, 1.54) is 5.56 Å². The van der Waals surface area contributed by atoms with Gasteiger partial charge in [-0.2, -0.15) is 0 Å². The van der Waals surface area contributed by atoms with Crippen LogP contribution in [0.25, 0.3) is 0 Å². The van der Waals surface area contributed by atoms with Crippen LogP contribution in [0.5, 0.6) is 0 Å². The van der Waals surface area contributed by atoms with E-state index in [4.69, 9.17) is 11.6 Å². The minimum absolute atomic E-state index is 0.101. The maximum Gasteiger partial charge on any atom is 0.223 e. The second-order valence-electron chi connectivity index (χ2n) is 6.22. The summed E-state index contributed by atoms with van der Waals surface area (Å²) in [4.78, 5) is 18.9. The predicted octanol–water partition coefficient (Wildman–Crippen LogP) is 3.26. The molecule has 126 valence electrons. The van der Waals surface area contributed by atoms with Gasteiger partial charge in [-0.3, -0.25) is 14.7 Å². The molecule has 1 aromatic carbocycles. The van der Waals surface area contributed by atoms with Crippen molar-refractivity contribution in [1.82, 2.24) is 15.2 Å². The number of carbonyl (C=O) groups excluding carboxylic acids is 1. The Morgan fingerprint density at radius 2 is 2.04 bits per heavy atom. The number of amides is 1. The van der Waals surface area contributed by atoms with E-state index in [0.29, 0.717) is 6.54 Å². The number of aromatic nitrogens is 1. The summed E-state index contributed by atoms with van der Waals surface area (Å²) in [6.07, 6.45) is 3.54. The number of nitrogens with zero attached hydrogens (tertiary/aromatic N) is 2. The molecule has 3 rings (SSSR count). The van der Waals surface area contributed by atoms with Crippen LogP contribution in [0, 0.1) is 5.92 Å². The van der Waals surface area contributed by atoms with Crippen LogP contribution in [-0.4, -0.2) is 28.9 Å². The van der Waals surface area contributed by atoms with Gasteiger partial charge in [0, 0.05) is 23.7 Å². The summed E-state index contributed by atoms with van der Waals surface area (Å²) in [5.74, 6) is 0.243. The van der Waals surface area contributed by atoms with Crippen molar-refractivity contribution < 1.29 is 4.79 Å². The number of halogens is 1. The number of carbonyl (C=O) groups is 1. The Hall–Kier alpha value is -1.91. The highest BCUT2D eigenvalue weighted by atomic mass is 35.5. The lowest BCUT2D eigenvalue weighted by molar-refractivity contribution is -0.126. The Bertz CT molecular complexity index is 669. The highest BCUT2D eigenvalue weighted by Crippen LogP contribution is 2.20. The third-order valence-corrected chi connectivity index (χ3v) is 4.66. The molecule has 1 fully saturated rings. The fourth-order valence-electron chi connectivity index (χ4n) is 3.07. The summed E-state index contributed by atoms with van der Waals surface area (Å²) < 4.78 is 0. The second-order valence-corrected chi connectivity index (χ2v) is 6.66. The first-order valence-electron chi connectivity index (χ1n) is 8.35. The van der Waals surface area contributed by atoms with Crippen molar-refractivity contribution in [3.63, 3.8) is 0 Å². The molecule has 2 heterocycles. The molecule has 1 aliphatic heterocycles. The van der Waals surface area contributed by atoms with Gasteiger partial charge >= 0.3 is 0 Å². The summed E-state index contributed by atoms with van der Waals surface area (Å²) in [5, 5.41) is 3.78. The van der Waals surface area contributed by atoms with Gasteiger partial charge in [-0.1, -0.05) is 29.8 Å². The quantitative estimate of drug-likeness (QED) is 0.906. The van der Waals surface area contributed by atoms with Gasteiger partial charge < -0.3 is 5.32 Å². The maximum absolute atomic E-state index is 12.3. The Morgan fingerprint density at radius 3 is 2.75 bits per heavy atom. The fraction of sp³-hybridized carbons (Fsp3) is 0.368. The van der Waals surface area contributed by atoms with E-state index in [-0.39, 0.29) is 11.8 Å². The lowest BCUT2D eigenvalue weighted by Crippen LogP contribution is -2.40. The van der Waals surface area contributed by atoms with Crippen molar-refractivity contribution >= 4 is 17.5 Å². The predicted molar refractivity (Wildman–Crippen MR) is 95.5 cm³/mol. The summed E-state index contributed by atoms with van der Waals surface area (Å²) in [5.41, 5.74) is 2.12. The molecule has 5 heteroatoms. The Morgan fingerprint density at radius 1 is 1.21 bits per heavy atom. The molecule has 0 radical (unpaired) electrons. The van der Waals surface area contributed by atoms with Crippen LogP contribution in [0.2, 0.25) is 5.02 Å². The largest absolute Gasteiger partial charge is 0.350 e. The Kier molecular flexibility index (Phi) is 5.83. The topological polar surface area (TPSA) is 45.2 Å². The Labute approximate surface area is 147 Å². The van der Waals surface area contributed by atoms with Crippen molar-refractivity contribution in [3.8, 4) is 0 Å². The van der Waals surface area contributed by atoms with Gasteiger partial charge in [-0.15, -0.1) is 0 Å². The monoisotopic (exact) mass is 343 g/mol. The van der Waals surface area contributed by atoms with Gasteiger partial charge in [-0.25, -0.2) is 0 Å². The number of benzene rings is 1. The summed E-state index contributed by atoms with van der Waals surface area (Å²) in [6, 6.07) is 13.7. The third kappa shape index (κ3) is 4.79. The SMILES string of the molecule is O=C(NCc1ccccn1)C1CCN(Cc2cccc(Cl)c2)CC1. The zero-order valence-corrected chi connectivity index (χ0v) is 14.4. The molecule has 1 saturated heterocycles. The fourth-order valence-corrected chi connectivity index (χ4v) is 3.28. The normalized spacial score (nSPS) is 16.0. The van der Waals surface area contributed by atoms with Gasteiger partial charge in [-0.05, 0) is 55.8 Å². The van der Waals surface area contributed by atoms with E-state index in [1.807, 2.05) is 36.4 Å². The van der Waals surface area contributed by atoms with Crippen LogP contribution in [0.4, 0.5) is 0 Å². The van der Waals surface area contributed by atoms with Crippen LogP contribution in [-0.2, 0) is 17.9 Å². The van der Waals surface area contributed by atoms with Crippen molar-refractivity contribution in [2.24, 2.45) is 5.92 Å². The molecule has 1 aromatic heterocycles.